The molecule has 1 N–H and O–H groups in total. The highest BCUT2D eigenvalue weighted by Crippen LogP contribution is 2.30. The van der Waals surface area contributed by atoms with Gasteiger partial charge in [0.2, 0.25) is 5.13 Å². The minimum absolute atomic E-state index is 0.358. The quantitative estimate of drug-likeness (QED) is 0.805. The summed E-state index contributed by atoms with van der Waals surface area (Å²) in [4.78, 5) is 0. The van der Waals surface area contributed by atoms with Gasteiger partial charge in [-0.05, 0) is 37.5 Å². The number of hydrogen-bond donors (Lipinski definition) is 1. The van der Waals surface area contributed by atoms with E-state index >= 15 is 0 Å². The normalized spacial score (nSPS) is 18.6. The Hall–Kier alpha value is -0.820. The summed E-state index contributed by atoms with van der Waals surface area (Å²) < 4.78 is 6.69. The van der Waals surface area contributed by atoms with Crippen LogP contribution in [0, 0.1) is 0 Å². The van der Waals surface area contributed by atoms with Gasteiger partial charge >= 0.3 is 0 Å². The minimum Gasteiger partial charge on any atom is -0.377 e. The van der Waals surface area contributed by atoms with Crippen molar-refractivity contribution in [2.75, 3.05) is 17.7 Å². The van der Waals surface area contributed by atoms with Gasteiger partial charge in [-0.3, -0.25) is 0 Å². The van der Waals surface area contributed by atoms with Crippen molar-refractivity contribution in [1.82, 2.24) is 10.2 Å². The fraction of sp³-hybridized carbons (Fsp3) is 0.429. The number of hydrogen-bond acceptors (Lipinski definition) is 6. The van der Waals surface area contributed by atoms with Crippen LogP contribution >= 0.6 is 34.7 Å². The highest BCUT2D eigenvalue weighted by Gasteiger charge is 2.15. The lowest BCUT2D eigenvalue weighted by atomic mass is 10.1. The van der Waals surface area contributed by atoms with Crippen molar-refractivity contribution in [3.63, 3.8) is 0 Å². The number of nitrogens with zero attached hydrogens (tertiary/aromatic N) is 2. The number of halogens is 1. The van der Waals surface area contributed by atoms with Crippen LogP contribution in [0.1, 0.15) is 19.3 Å². The van der Waals surface area contributed by atoms with Crippen LogP contribution < -0.4 is 5.32 Å². The Labute approximate surface area is 137 Å². The fourth-order valence-electron chi connectivity index (χ4n) is 2.11. The maximum Gasteiger partial charge on any atom is 0.210 e. The molecule has 0 unspecified atom stereocenters. The van der Waals surface area contributed by atoms with Gasteiger partial charge in [0.1, 0.15) is 0 Å². The van der Waals surface area contributed by atoms with Crippen LogP contribution in [-0.2, 0) is 4.74 Å². The Morgan fingerprint density at radius 2 is 2.33 bits per heavy atom. The molecule has 0 aliphatic carbocycles. The summed E-state index contributed by atoms with van der Waals surface area (Å²) in [7, 11) is 0. The van der Waals surface area contributed by atoms with E-state index < -0.39 is 0 Å². The van der Waals surface area contributed by atoms with Crippen molar-refractivity contribution in [3.8, 4) is 0 Å². The molecular weight excluding hydrogens is 326 g/mol. The fourth-order valence-corrected chi connectivity index (χ4v) is 4.17. The summed E-state index contributed by atoms with van der Waals surface area (Å²) in [5.41, 5.74) is 0.922. The first-order valence-corrected chi connectivity index (χ1v) is 9.08. The lowest BCUT2D eigenvalue weighted by Crippen LogP contribution is -2.21. The van der Waals surface area contributed by atoms with E-state index in [1.54, 1.807) is 23.1 Å². The van der Waals surface area contributed by atoms with Gasteiger partial charge in [0.25, 0.3) is 0 Å². The van der Waals surface area contributed by atoms with Crippen LogP contribution in [0.25, 0.3) is 0 Å². The van der Waals surface area contributed by atoms with Crippen LogP contribution in [-0.4, -0.2) is 28.7 Å². The number of thioether (sulfide) groups is 1. The summed E-state index contributed by atoms with van der Waals surface area (Å²) in [6, 6.07) is 7.57. The highest BCUT2D eigenvalue weighted by molar-refractivity contribution is 8.01. The maximum atomic E-state index is 5.96. The molecule has 0 amide bonds. The standard InChI is InChI=1S/C14H16ClN3OS2/c15-10-4-3-5-11(8-10)16-13-17-18-14(21-13)20-9-12-6-1-2-7-19-12/h3-5,8,12H,1-2,6-7,9H2,(H,16,17)/t12-/m1/s1. The van der Waals surface area contributed by atoms with E-state index in [0.29, 0.717) is 11.1 Å². The Balaban J connectivity index is 1.53. The highest BCUT2D eigenvalue weighted by atomic mass is 35.5. The summed E-state index contributed by atoms with van der Waals surface area (Å²) >= 11 is 9.23. The first-order valence-electron chi connectivity index (χ1n) is 6.90. The monoisotopic (exact) mass is 341 g/mol. The average molecular weight is 342 g/mol. The van der Waals surface area contributed by atoms with E-state index in [2.05, 4.69) is 15.5 Å². The molecule has 21 heavy (non-hydrogen) atoms. The summed E-state index contributed by atoms with van der Waals surface area (Å²) in [6.45, 7) is 0.892. The molecule has 2 aromatic rings. The van der Waals surface area contributed by atoms with Crippen molar-refractivity contribution >= 4 is 45.5 Å². The predicted molar refractivity (Wildman–Crippen MR) is 89.0 cm³/mol. The van der Waals surface area contributed by atoms with Gasteiger partial charge in [0.15, 0.2) is 4.34 Å². The minimum atomic E-state index is 0.358. The Kier molecular flexibility index (Phi) is 5.35. The Morgan fingerprint density at radius 3 is 3.14 bits per heavy atom. The number of ether oxygens (including phenoxy) is 1. The molecule has 0 spiro atoms. The number of aromatic nitrogens is 2. The molecule has 4 nitrogen and oxygen atoms in total. The summed E-state index contributed by atoms with van der Waals surface area (Å²) in [5.74, 6) is 0.950. The van der Waals surface area contributed by atoms with Crippen LogP contribution in [0.5, 0.6) is 0 Å². The largest absolute Gasteiger partial charge is 0.377 e. The predicted octanol–water partition coefficient (Wildman–Crippen LogP) is 4.60. The van der Waals surface area contributed by atoms with Crippen LogP contribution in [0.15, 0.2) is 28.6 Å². The third kappa shape index (κ3) is 4.57. The van der Waals surface area contributed by atoms with E-state index in [-0.39, 0.29) is 0 Å². The van der Waals surface area contributed by atoms with E-state index in [1.807, 2.05) is 24.3 Å². The molecule has 1 aliphatic heterocycles. The smallest absolute Gasteiger partial charge is 0.210 e. The van der Waals surface area contributed by atoms with E-state index in [9.17, 15) is 0 Å². The molecule has 1 aliphatic rings. The third-order valence-corrected chi connectivity index (χ3v) is 5.49. The zero-order chi connectivity index (χ0) is 14.5. The van der Waals surface area contributed by atoms with Crippen molar-refractivity contribution in [3.05, 3.63) is 29.3 Å². The second-order valence-corrected chi connectivity index (χ2v) is 7.49. The number of nitrogens with one attached hydrogen (secondary N) is 1. The maximum absolute atomic E-state index is 5.96. The average Bonchev–Trinajstić information content (AvgIpc) is 2.94. The van der Waals surface area contributed by atoms with Crippen LogP contribution in [0.4, 0.5) is 10.8 Å². The molecule has 2 heterocycles. The van der Waals surface area contributed by atoms with E-state index in [1.165, 1.54) is 12.8 Å². The molecule has 3 rings (SSSR count). The molecular formula is C14H16ClN3OS2. The summed E-state index contributed by atoms with van der Waals surface area (Å²) in [5, 5.41) is 13.1. The molecule has 1 atom stereocenters. The number of anilines is 2. The molecule has 1 fully saturated rings. The third-order valence-electron chi connectivity index (χ3n) is 3.15. The molecule has 7 heteroatoms. The first-order chi connectivity index (χ1) is 10.3. The topological polar surface area (TPSA) is 47.0 Å². The van der Waals surface area contributed by atoms with Crippen molar-refractivity contribution in [2.24, 2.45) is 0 Å². The van der Waals surface area contributed by atoms with Gasteiger partial charge in [-0.1, -0.05) is 40.8 Å². The Bertz CT molecular complexity index is 587. The van der Waals surface area contributed by atoms with Crippen molar-refractivity contribution < 1.29 is 4.74 Å². The zero-order valence-corrected chi connectivity index (χ0v) is 13.8. The summed E-state index contributed by atoms with van der Waals surface area (Å²) in [6.07, 6.45) is 3.97. The first kappa shape index (κ1) is 15.1. The van der Waals surface area contributed by atoms with Gasteiger partial charge in [-0.25, -0.2) is 0 Å². The van der Waals surface area contributed by atoms with Crippen molar-refractivity contribution in [2.45, 2.75) is 29.7 Å². The number of rotatable bonds is 5. The van der Waals surface area contributed by atoms with Gasteiger partial charge < -0.3 is 10.1 Å². The molecule has 0 bridgehead atoms. The van der Waals surface area contributed by atoms with Gasteiger partial charge in [0, 0.05) is 23.1 Å². The van der Waals surface area contributed by atoms with Gasteiger partial charge in [-0.2, -0.15) is 0 Å². The van der Waals surface area contributed by atoms with Crippen LogP contribution in [0.2, 0.25) is 5.02 Å². The SMILES string of the molecule is Clc1cccc(Nc2nnc(SC[C@H]3CCCCO3)s2)c1. The van der Waals surface area contributed by atoms with E-state index in [4.69, 9.17) is 16.3 Å². The molecule has 1 aromatic heterocycles. The molecule has 1 aromatic carbocycles. The molecule has 0 radical (unpaired) electrons. The van der Waals surface area contributed by atoms with E-state index in [0.717, 1.165) is 33.9 Å². The van der Waals surface area contributed by atoms with Crippen molar-refractivity contribution in [1.29, 1.82) is 0 Å². The lowest BCUT2D eigenvalue weighted by Gasteiger charge is -2.21. The Morgan fingerprint density at radius 1 is 1.38 bits per heavy atom. The number of benzene rings is 1. The lowest BCUT2D eigenvalue weighted by molar-refractivity contribution is 0.0315. The molecule has 0 saturated carbocycles. The second-order valence-electron chi connectivity index (χ2n) is 4.81. The molecule has 112 valence electrons. The van der Waals surface area contributed by atoms with Gasteiger partial charge in [0.05, 0.1) is 6.10 Å². The van der Waals surface area contributed by atoms with Crippen LogP contribution in [0.3, 0.4) is 0 Å². The van der Waals surface area contributed by atoms with Gasteiger partial charge in [-0.15, -0.1) is 10.2 Å². The zero-order valence-electron chi connectivity index (χ0n) is 11.4. The molecule has 1 saturated heterocycles. The second kappa shape index (κ2) is 7.45.